The van der Waals surface area contributed by atoms with E-state index in [1.54, 1.807) is 0 Å². The van der Waals surface area contributed by atoms with E-state index in [-0.39, 0.29) is 12.3 Å². The Hall–Kier alpha value is -2.33. The number of carbonyl (C=O) groups excluding carboxylic acids is 1. The molecule has 0 saturated carbocycles. The minimum Gasteiger partial charge on any atom is -0.368 e. The number of ketones is 1. The first-order valence-corrected chi connectivity index (χ1v) is 7.66. The van der Waals surface area contributed by atoms with E-state index < -0.39 is 0 Å². The van der Waals surface area contributed by atoms with Crippen LogP contribution in [0, 0.1) is 0 Å². The van der Waals surface area contributed by atoms with Crippen LogP contribution in [0.1, 0.15) is 10.4 Å². The number of nitrogens with zero attached hydrogens (tertiary/aromatic N) is 2. The average Bonchev–Trinajstić information content (AvgIpc) is 2.62. The number of piperazine rings is 1. The molecule has 0 unspecified atom stereocenters. The van der Waals surface area contributed by atoms with Crippen molar-refractivity contribution in [3.8, 4) is 0 Å². The molecular formula is C18H21N3O. The van der Waals surface area contributed by atoms with Gasteiger partial charge >= 0.3 is 0 Å². The fourth-order valence-electron chi connectivity index (χ4n) is 2.84. The molecule has 114 valence electrons. The monoisotopic (exact) mass is 295 g/mol. The number of hydrogen-bond donors (Lipinski definition) is 1. The van der Waals surface area contributed by atoms with Crippen molar-refractivity contribution in [1.29, 1.82) is 0 Å². The number of hydrogen-bond acceptors (Lipinski definition) is 4. The lowest BCUT2D eigenvalue weighted by molar-refractivity contribution is 0.100. The summed E-state index contributed by atoms with van der Waals surface area (Å²) in [6.45, 7) is 4.05. The smallest absolute Gasteiger partial charge is 0.176 e. The molecule has 1 saturated heterocycles. The number of nitrogens with two attached hydrogens (primary N) is 1. The zero-order chi connectivity index (χ0) is 15.4. The molecule has 0 amide bonds. The summed E-state index contributed by atoms with van der Waals surface area (Å²) in [5.41, 5.74) is 8.53. The Morgan fingerprint density at radius 1 is 0.818 bits per heavy atom. The Balaban J connectivity index is 1.63. The van der Waals surface area contributed by atoms with Gasteiger partial charge in [-0.3, -0.25) is 4.79 Å². The summed E-state index contributed by atoms with van der Waals surface area (Å²) in [7, 11) is 0. The van der Waals surface area contributed by atoms with E-state index in [2.05, 4.69) is 34.1 Å². The number of benzene rings is 2. The number of carbonyl (C=O) groups is 1. The predicted octanol–water partition coefficient (Wildman–Crippen LogP) is 2.15. The molecule has 0 aromatic heterocycles. The average molecular weight is 295 g/mol. The summed E-state index contributed by atoms with van der Waals surface area (Å²) in [5.74, 6) is -0.0135. The molecule has 0 aliphatic carbocycles. The van der Waals surface area contributed by atoms with Crippen LogP contribution in [0.25, 0.3) is 0 Å². The van der Waals surface area contributed by atoms with Gasteiger partial charge in [0, 0.05) is 43.1 Å². The first-order valence-electron chi connectivity index (χ1n) is 7.66. The molecular weight excluding hydrogens is 274 g/mol. The molecule has 22 heavy (non-hydrogen) atoms. The topological polar surface area (TPSA) is 49.6 Å². The third-order valence-corrected chi connectivity index (χ3v) is 4.14. The Bertz CT molecular complexity index is 617. The molecule has 0 radical (unpaired) electrons. The van der Waals surface area contributed by atoms with Crippen molar-refractivity contribution in [3.05, 3.63) is 60.2 Å². The van der Waals surface area contributed by atoms with E-state index in [4.69, 9.17) is 5.73 Å². The summed E-state index contributed by atoms with van der Waals surface area (Å²) in [5, 5.41) is 0. The third kappa shape index (κ3) is 3.12. The lowest BCUT2D eigenvalue weighted by atomic mass is 10.1. The highest BCUT2D eigenvalue weighted by Crippen LogP contribution is 2.20. The molecule has 0 bridgehead atoms. The second kappa shape index (κ2) is 6.62. The van der Waals surface area contributed by atoms with Crippen molar-refractivity contribution < 1.29 is 4.79 Å². The Labute approximate surface area is 131 Å². The quantitative estimate of drug-likeness (QED) is 0.878. The summed E-state index contributed by atoms with van der Waals surface area (Å²) in [6, 6.07) is 18.3. The van der Waals surface area contributed by atoms with Gasteiger partial charge in [-0.1, -0.05) is 18.2 Å². The van der Waals surface area contributed by atoms with Gasteiger partial charge < -0.3 is 15.5 Å². The lowest BCUT2D eigenvalue weighted by Gasteiger charge is -2.37. The van der Waals surface area contributed by atoms with Crippen LogP contribution in [-0.4, -0.2) is 38.5 Å². The van der Waals surface area contributed by atoms with Gasteiger partial charge in [0.15, 0.2) is 5.78 Å². The van der Waals surface area contributed by atoms with E-state index in [1.165, 1.54) is 11.4 Å². The highest BCUT2D eigenvalue weighted by molar-refractivity contribution is 5.97. The second-order valence-electron chi connectivity index (χ2n) is 5.48. The minimum absolute atomic E-state index is 0.0135. The number of anilines is 2. The number of para-hydroxylation sites is 1. The normalized spacial score (nSPS) is 15.0. The van der Waals surface area contributed by atoms with Gasteiger partial charge in [0.25, 0.3) is 0 Å². The summed E-state index contributed by atoms with van der Waals surface area (Å²) < 4.78 is 0. The summed E-state index contributed by atoms with van der Waals surface area (Å²) in [6.07, 6.45) is 0. The highest BCUT2D eigenvalue weighted by Gasteiger charge is 2.17. The number of rotatable bonds is 4. The Morgan fingerprint density at radius 2 is 1.32 bits per heavy atom. The van der Waals surface area contributed by atoms with Crippen LogP contribution in [0.4, 0.5) is 11.4 Å². The van der Waals surface area contributed by atoms with Crippen LogP contribution in [-0.2, 0) is 0 Å². The van der Waals surface area contributed by atoms with Gasteiger partial charge in [-0.2, -0.15) is 0 Å². The van der Waals surface area contributed by atoms with Gasteiger partial charge in [-0.25, -0.2) is 0 Å². The van der Waals surface area contributed by atoms with E-state index >= 15 is 0 Å². The molecule has 2 aromatic rings. The minimum atomic E-state index is -0.0135. The van der Waals surface area contributed by atoms with Gasteiger partial charge in [0.05, 0.1) is 6.54 Å². The molecule has 1 heterocycles. The molecule has 3 rings (SSSR count). The maximum absolute atomic E-state index is 11.6. The molecule has 4 heteroatoms. The molecule has 1 fully saturated rings. The largest absolute Gasteiger partial charge is 0.368 e. The standard InChI is InChI=1S/C18H21N3O/c19-14-18(22)15-6-8-17(9-7-15)21-12-10-20(11-13-21)16-4-2-1-3-5-16/h1-9H,10-14,19H2. The SMILES string of the molecule is NCC(=O)c1ccc(N2CCN(c3ccccc3)CC2)cc1. The molecule has 1 aliphatic rings. The fraction of sp³-hybridized carbons (Fsp3) is 0.278. The van der Waals surface area contributed by atoms with E-state index in [1.807, 2.05) is 30.3 Å². The maximum Gasteiger partial charge on any atom is 0.176 e. The summed E-state index contributed by atoms with van der Waals surface area (Å²) >= 11 is 0. The summed E-state index contributed by atoms with van der Waals surface area (Å²) in [4.78, 5) is 16.3. The number of Topliss-reactive ketones (excluding diaryl/α,β-unsaturated/α-hetero) is 1. The van der Waals surface area contributed by atoms with E-state index in [0.717, 1.165) is 26.2 Å². The van der Waals surface area contributed by atoms with Crippen molar-refractivity contribution in [3.63, 3.8) is 0 Å². The first-order chi connectivity index (χ1) is 10.8. The van der Waals surface area contributed by atoms with Gasteiger partial charge in [0.1, 0.15) is 0 Å². The van der Waals surface area contributed by atoms with Crippen LogP contribution >= 0.6 is 0 Å². The molecule has 2 aromatic carbocycles. The Kier molecular flexibility index (Phi) is 4.39. The fourth-order valence-corrected chi connectivity index (χ4v) is 2.84. The Morgan fingerprint density at radius 3 is 1.82 bits per heavy atom. The lowest BCUT2D eigenvalue weighted by Crippen LogP contribution is -2.46. The van der Waals surface area contributed by atoms with Crippen molar-refractivity contribution in [1.82, 2.24) is 0 Å². The molecule has 2 N–H and O–H groups in total. The molecule has 0 atom stereocenters. The van der Waals surface area contributed by atoms with Gasteiger partial charge in [-0.15, -0.1) is 0 Å². The van der Waals surface area contributed by atoms with Crippen LogP contribution in [0.5, 0.6) is 0 Å². The van der Waals surface area contributed by atoms with Crippen molar-refractivity contribution in [2.24, 2.45) is 5.73 Å². The van der Waals surface area contributed by atoms with Crippen LogP contribution in [0.3, 0.4) is 0 Å². The second-order valence-corrected chi connectivity index (χ2v) is 5.48. The predicted molar refractivity (Wildman–Crippen MR) is 90.7 cm³/mol. The van der Waals surface area contributed by atoms with E-state index in [9.17, 15) is 4.79 Å². The van der Waals surface area contributed by atoms with Crippen molar-refractivity contribution >= 4 is 17.2 Å². The molecule has 4 nitrogen and oxygen atoms in total. The van der Waals surface area contributed by atoms with Crippen molar-refractivity contribution in [2.45, 2.75) is 0 Å². The first kappa shape index (κ1) is 14.6. The van der Waals surface area contributed by atoms with E-state index in [0.29, 0.717) is 5.56 Å². The third-order valence-electron chi connectivity index (χ3n) is 4.14. The zero-order valence-corrected chi connectivity index (χ0v) is 12.6. The molecule has 0 spiro atoms. The van der Waals surface area contributed by atoms with Gasteiger partial charge in [0.2, 0.25) is 0 Å². The van der Waals surface area contributed by atoms with Crippen molar-refractivity contribution in [2.75, 3.05) is 42.5 Å². The van der Waals surface area contributed by atoms with Crippen LogP contribution in [0.15, 0.2) is 54.6 Å². The van der Waals surface area contributed by atoms with Crippen LogP contribution in [0.2, 0.25) is 0 Å². The maximum atomic E-state index is 11.6. The zero-order valence-electron chi connectivity index (χ0n) is 12.6. The van der Waals surface area contributed by atoms with Crippen LogP contribution < -0.4 is 15.5 Å². The van der Waals surface area contributed by atoms with Gasteiger partial charge in [-0.05, 0) is 36.4 Å². The highest BCUT2D eigenvalue weighted by atomic mass is 16.1. The molecule has 1 aliphatic heterocycles.